The molecule has 1 aliphatic rings. The molecule has 0 amide bonds. The van der Waals surface area contributed by atoms with E-state index in [1.165, 1.54) is 0 Å². The summed E-state index contributed by atoms with van der Waals surface area (Å²) in [5, 5.41) is 1.14. The van der Waals surface area contributed by atoms with Gasteiger partial charge in [0.1, 0.15) is 11.5 Å². The summed E-state index contributed by atoms with van der Waals surface area (Å²) in [6.07, 6.45) is 0. The second-order valence-electron chi connectivity index (χ2n) is 5.13. The first-order chi connectivity index (χ1) is 11.5. The van der Waals surface area contributed by atoms with E-state index in [0.29, 0.717) is 47.8 Å². The maximum Gasteiger partial charge on any atom is 0.515 e. The number of morpholine rings is 1. The topological polar surface area (TPSA) is 48.0 Å². The van der Waals surface area contributed by atoms with Crippen LogP contribution in [0.4, 0.5) is 0 Å². The first-order valence-corrected chi connectivity index (χ1v) is 9.64. The van der Waals surface area contributed by atoms with Crippen LogP contribution in [0.1, 0.15) is 0 Å². The molecule has 0 saturated carbocycles. The summed E-state index contributed by atoms with van der Waals surface area (Å²) in [6.45, 7) is 1.85. The quantitative estimate of drug-likeness (QED) is 0.683. The molecule has 5 nitrogen and oxygen atoms in total. The molecule has 2 aromatic carbocycles. The largest absolute Gasteiger partial charge is 0.515 e. The van der Waals surface area contributed by atoms with Gasteiger partial charge in [-0.1, -0.05) is 23.2 Å². The molecule has 0 radical (unpaired) electrons. The Morgan fingerprint density at radius 2 is 1.25 bits per heavy atom. The van der Waals surface area contributed by atoms with E-state index in [1.807, 2.05) is 0 Å². The SMILES string of the molecule is O=P(Oc1ccc(Cl)cc1)(Oc1ccc(Cl)cc1)N1CCOCC1. The van der Waals surface area contributed by atoms with E-state index in [1.54, 1.807) is 53.2 Å². The van der Waals surface area contributed by atoms with E-state index in [-0.39, 0.29) is 0 Å². The van der Waals surface area contributed by atoms with Crippen LogP contribution in [0.2, 0.25) is 10.0 Å². The minimum Gasteiger partial charge on any atom is -0.404 e. The van der Waals surface area contributed by atoms with Crippen molar-refractivity contribution >= 4 is 30.9 Å². The van der Waals surface area contributed by atoms with Gasteiger partial charge in [-0.05, 0) is 48.5 Å². The summed E-state index contributed by atoms with van der Waals surface area (Å²) in [4.78, 5) is 0. The molecule has 1 aliphatic heterocycles. The molecule has 1 heterocycles. The van der Waals surface area contributed by atoms with Crippen molar-refractivity contribution in [2.45, 2.75) is 0 Å². The fraction of sp³-hybridized carbons (Fsp3) is 0.250. The maximum absolute atomic E-state index is 13.4. The van der Waals surface area contributed by atoms with E-state index in [9.17, 15) is 4.57 Å². The van der Waals surface area contributed by atoms with Gasteiger partial charge in [-0.15, -0.1) is 0 Å². The number of rotatable bonds is 5. The van der Waals surface area contributed by atoms with Crippen molar-refractivity contribution in [3.8, 4) is 11.5 Å². The smallest absolute Gasteiger partial charge is 0.404 e. The average molecular weight is 388 g/mol. The lowest BCUT2D eigenvalue weighted by Gasteiger charge is -2.32. The van der Waals surface area contributed by atoms with E-state index in [4.69, 9.17) is 37.0 Å². The third kappa shape index (κ3) is 4.44. The zero-order valence-corrected chi connectivity index (χ0v) is 15.1. The van der Waals surface area contributed by atoms with Crippen LogP contribution in [0.15, 0.2) is 48.5 Å². The molecule has 128 valence electrons. The first-order valence-electron chi connectivity index (χ1n) is 7.39. The zero-order chi connectivity index (χ0) is 17.0. The van der Waals surface area contributed by atoms with Crippen LogP contribution in [0.3, 0.4) is 0 Å². The van der Waals surface area contributed by atoms with Gasteiger partial charge >= 0.3 is 7.75 Å². The van der Waals surface area contributed by atoms with Crippen LogP contribution < -0.4 is 9.05 Å². The van der Waals surface area contributed by atoms with Gasteiger partial charge in [-0.3, -0.25) is 0 Å². The molecular formula is C16H16Cl2NO4P. The predicted octanol–water partition coefficient (Wildman–Crippen LogP) is 4.89. The number of benzene rings is 2. The molecule has 24 heavy (non-hydrogen) atoms. The lowest BCUT2D eigenvalue weighted by molar-refractivity contribution is 0.0628. The molecule has 8 heteroatoms. The Kier molecular flexibility index (Phi) is 5.69. The van der Waals surface area contributed by atoms with Gasteiger partial charge in [-0.25, -0.2) is 4.57 Å². The lowest BCUT2D eigenvalue weighted by atomic mass is 10.3. The highest BCUT2D eigenvalue weighted by atomic mass is 35.5. The van der Waals surface area contributed by atoms with Gasteiger partial charge < -0.3 is 13.8 Å². The van der Waals surface area contributed by atoms with E-state index < -0.39 is 7.75 Å². The normalized spacial score (nSPS) is 15.9. The second-order valence-corrected chi connectivity index (χ2v) is 7.87. The minimum absolute atomic E-state index is 0.420. The maximum atomic E-state index is 13.4. The molecule has 2 aromatic rings. The molecule has 1 fully saturated rings. The Morgan fingerprint density at radius 3 is 1.67 bits per heavy atom. The third-order valence-electron chi connectivity index (χ3n) is 3.40. The highest BCUT2D eigenvalue weighted by molar-refractivity contribution is 7.52. The van der Waals surface area contributed by atoms with Crippen LogP contribution in [-0.2, 0) is 9.30 Å². The van der Waals surface area contributed by atoms with E-state index in [0.717, 1.165) is 0 Å². The van der Waals surface area contributed by atoms with Crippen LogP contribution in [0, 0.1) is 0 Å². The molecule has 0 N–H and O–H groups in total. The third-order valence-corrected chi connectivity index (χ3v) is 5.88. The number of nitrogens with zero attached hydrogens (tertiary/aromatic N) is 1. The summed E-state index contributed by atoms with van der Waals surface area (Å²) in [5.41, 5.74) is 0. The number of hydrogen-bond acceptors (Lipinski definition) is 4. The molecule has 0 atom stereocenters. The molecule has 0 aliphatic carbocycles. The fourth-order valence-corrected chi connectivity index (χ4v) is 4.14. The van der Waals surface area contributed by atoms with Crippen LogP contribution >= 0.6 is 30.9 Å². The minimum atomic E-state index is -3.60. The highest BCUT2D eigenvalue weighted by Gasteiger charge is 2.38. The molecule has 0 spiro atoms. The molecular weight excluding hydrogens is 372 g/mol. The van der Waals surface area contributed by atoms with E-state index >= 15 is 0 Å². The van der Waals surface area contributed by atoms with Crippen molar-refractivity contribution < 1.29 is 18.3 Å². The molecule has 3 rings (SSSR count). The van der Waals surface area contributed by atoms with Crippen molar-refractivity contribution in [3.05, 3.63) is 58.6 Å². The Hall–Kier alpha value is -1.23. The molecule has 1 saturated heterocycles. The van der Waals surface area contributed by atoms with Crippen molar-refractivity contribution in [1.29, 1.82) is 0 Å². The van der Waals surface area contributed by atoms with E-state index in [2.05, 4.69) is 0 Å². The predicted molar refractivity (Wildman–Crippen MR) is 94.2 cm³/mol. The first kappa shape index (κ1) is 17.6. The summed E-state index contributed by atoms with van der Waals surface area (Å²) in [6, 6.07) is 13.3. The van der Waals surface area contributed by atoms with Crippen molar-refractivity contribution in [3.63, 3.8) is 0 Å². The summed E-state index contributed by atoms with van der Waals surface area (Å²) in [7, 11) is -3.60. The molecule has 0 bridgehead atoms. The van der Waals surface area contributed by atoms with Gasteiger partial charge in [0.15, 0.2) is 0 Å². The monoisotopic (exact) mass is 387 g/mol. The Morgan fingerprint density at radius 1 is 0.833 bits per heavy atom. The van der Waals surface area contributed by atoms with Crippen LogP contribution in [0.5, 0.6) is 11.5 Å². The summed E-state index contributed by atoms with van der Waals surface area (Å²) in [5.74, 6) is 0.839. The fourth-order valence-electron chi connectivity index (χ4n) is 2.19. The van der Waals surface area contributed by atoms with Crippen LogP contribution in [-0.4, -0.2) is 31.0 Å². The Labute approximate surface area is 150 Å². The standard InChI is InChI=1S/C16H16Cl2NO4P/c17-13-1-5-15(6-2-13)22-24(20,19-9-11-21-12-10-19)23-16-7-3-14(18)4-8-16/h1-8H,9-12H2. The number of halogens is 2. The van der Waals surface area contributed by atoms with Crippen molar-refractivity contribution in [1.82, 2.24) is 4.67 Å². The zero-order valence-electron chi connectivity index (χ0n) is 12.7. The lowest BCUT2D eigenvalue weighted by Crippen LogP contribution is -2.36. The second kappa shape index (κ2) is 7.77. The number of ether oxygens (including phenoxy) is 1. The van der Waals surface area contributed by atoms with Crippen molar-refractivity contribution in [2.24, 2.45) is 0 Å². The Balaban J connectivity index is 1.85. The molecule has 0 unspecified atom stereocenters. The van der Waals surface area contributed by atoms with Crippen molar-refractivity contribution in [2.75, 3.05) is 26.3 Å². The van der Waals surface area contributed by atoms with Gasteiger partial charge in [0.05, 0.1) is 13.2 Å². The molecule has 0 aromatic heterocycles. The number of hydrogen-bond donors (Lipinski definition) is 0. The Bertz CT molecular complexity index is 666. The van der Waals surface area contributed by atoms with Gasteiger partial charge in [-0.2, -0.15) is 4.67 Å². The summed E-state index contributed by atoms with van der Waals surface area (Å²) < 4.78 is 31.9. The van der Waals surface area contributed by atoms with Crippen LogP contribution in [0.25, 0.3) is 0 Å². The van der Waals surface area contributed by atoms with Gasteiger partial charge in [0, 0.05) is 23.1 Å². The highest BCUT2D eigenvalue weighted by Crippen LogP contribution is 2.52. The average Bonchev–Trinajstić information content (AvgIpc) is 2.60. The van der Waals surface area contributed by atoms with Gasteiger partial charge in [0.25, 0.3) is 0 Å². The van der Waals surface area contributed by atoms with Gasteiger partial charge in [0.2, 0.25) is 0 Å². The summed E-state index contributed by atoms with van der Waals surface area (Å²) >= 11 is 11.8.